The Balaban J connectivity index is 2.38. The zero-order chi connectivity index (χ0) is 16.7. The summed E-state index contributed by atoms with van der Waals surface area (Å²) in [6.45, 7) is 11.0. The number of para-hydroxylation sites is 1. The summed E-state index contributed by atoms with van der Waals surface area (Å²) in [5.41, 5.74) is 0.496. The van der Waals surface area contributed by atoms with Gasteiger partial charge in [0.2, 0.25) is 0 Å². The lowest BCUT2D eigenvalue weighted by Crippen LogP contribution is -2.49. The highest BCUT2D eigenvalue weighted by Crippen LogP contribution is 2.24. The van der Waals surface area contributed by atoms with E-state index in [4.69, 9.17) is 4.65 Å². The topological polar surface area (TPSA) is 67.2 Å². The van der Waals surface area contributed by atoms with Crippen molar-refractivity contribution in [2.24, 2.45) is 0 Å². The van der Waals surface area contributed by atoms with E-state index in [0.29, 0.717) is 0 Å². The lowest BCUT2D eigenvalue weighted by Gasteiger charge is -2.37. The molecule has 0 amide bonds. The van der Waals surface area contributed by atoms with Gasteiger partial charge in [-0.05, 0) is 53.1 Å². The van der Waals surface area contributed by atoms with Gasteiger partial charge < -0.3 is 14.7 Å². The van der Waals surface area contributed by atoms with Crippen molar-refractivity contribution in [3.63, 3.8) is 0 Å². The van der Waals surface area contributed by atoms with E-state index in [0.717, 1.165) is 16.5 Å². The third-order valence-electron chi connectivity index (χ3n) is 4.26. The molecule has 5 nitrogen and oxygen atoms in total. The smallest absolute Gasteiger partial charge is 0.333 e. The Morgan fingerprint density at radius 2 is 1.91 bits per heavy atom. The number of H-pyrrole nitrogens is 1. The molecule has 0 spiro atoms. The summed E-state index contributed by atoms with van der Waals surface area (Å²) in [4.78, 5) is 15.0. The van der Waals surface area contributed by atoms with Gasteiger partial charge in [-0.25, -0.2) is 4.79 Å². The van der Waals surface area contributed by atoms with E-state index in [1.54, 1.807) is 25.9 Å². The van der Waals surface area contributed by atoms with Gasteiger partial charge in [-0.2, -0.15) is 0 Å². The summed E-state index contributed by atoms with van der Waals surface area (Å²) in [6.07, 6.45) is 0. The van der Waals surface area contributed by atoms with Crippen molar-refractivity contribution in [2.75, 3.05) is 0 Å². The van der Waals surface area contributed by atoms with Crippen molar-refractivity contribution in [2.45, 2.75) is 58.8 Å². The summed E-state index contributed by atoms with van der Waals surface area (Å²) < 4.78 is 7.51. The Hall–Kier alpha value is -1.53. The Bertz CT molecular complexity index is 723. The van der Waals surface area contributed by atoms with Crippen molar-refractivity contribution < 1.29 is 9.76 Å². The van der Waals surface area contributed by atoms with E-state index in [-0.39, 0.29) is 11.7 Å². The standard InChI is InChI=1S/C16H24BN2O3/c1-10(2)19-12-9-7-8-11(13(12)18-14(19)20)17-22-16(5,6)15(3,4)21/h7-10,21H,1-6H3,(H,18,20). The summed E-state index contributed by atoms with van der Waals surface area (Å²) in [6, 6.07) is 5.75. The van der Waals surface area contributed by atoms with Crippen molar-refractivity contribution >= 4 is 24.0 Å². The molecule has 1 radical (unpaired) electrons. The fraction of sp³-hybridized carbons (Fsp3) is 0.562. The van der Waals surface area contributed by atoms with Crippen LogP contribution >= 0.6 is 0 Å². The van der Waals surface area contributed by atoms with E-state index in [2.05, 4.69) is 4.98 Å². The Morgan fingerprint density at radius 3 is 2.45 bits per heavy atom. The Kier molecular flexibility index (Phi) is 4.28. The minimum atomic E-state index is -0.991. The van der Waals surface area contributed by atoms with E-state index < -0.39 is 11.2 Å². The molecular weight excluding hydrogens is 279 g/mol. The number of hydrogen-bond donors (Lipinski definition) is 2. The third kappa shape index (κ3) is 2.98. The molecular formula is C16H24BN2O3. The van der Waals surface area contributed by atoms with Gasteiger partial charge in [-0.1, -0.05) is 12.1 Å². The number of imidazole rings is 1. The van der Waals surface area contributed by atoms with Gasteiger partial charge in [0.05, 0.1) is 22.2 Å². The van der Waals surface area contributed by atoms with Gasteiger partial charge in [0, 0.05) is 6.04 Å². The van der Waals surface area contributed by atoms with Crippen molar-refractivity contribution in [3.05, 3.63) is 28.7 Å². The van der Waals surface area contributed by atoms with Gasteiger partial charge >= 0.3 is 13.2 Å². The second kappa shape index (κ2) is 5.59. The predicted molar refractivity (Wildman–Crippen MR) is 89.8 cm³/mol. The number of benzene rings is 1. The highest BCUT2D eigenvalue weighted by molar-refractivity contribution is 6.51. The number of aliphatic hydroxyl groups is 1. The van der Waals surface area contributed by atoms with Gasteiger partial charge in [0.15, 0.2) is 0 Å². The molecule has 119 valence electrons. The Morgan fingerprint density at radius 1 is 1.27 bits per heavy atom. The van der Waals surface area contributed by atoms with Crippen LogP contribution in [0.4, 0.5) is 0 Å². The number of aromatic amines is 1. The fourth-order valence-corrected chi connectivity index (χ4v) is 2.14. The molecule has 6 heteroatoms. The van der Waals surface area contributed by atoms with Crippen LogP contribution in [0.25, 0.3) is 11.0 Å². The van der Waals surface area contributed by atoms with Crippen LogP contribution < -0.4 is 11.2 Å². The number of hydrogen-bond acceptors (Lipinski definition) is 3. The fourth-order valence-electron chi connectivity index (χ4n) is 2.14. The quantitative estimate of drug-likeness (QED) is 0.827. The third-order valence-corrected chi connectivity index (χ3v) is 4.26. The minimum Gasteiger partial charge on any atom is -0.427 e. The maximum atomic E-state index is 12.1. The van der Waals surface area contributed by atoms with Crippen LogP contribution in [0.5, 0.6) is 0 Å². The normalized spacial score (nSPS) is 13.1. The second-order valence-corrected chi connectivity index (χ2v) is 6.94. The van der Waals surface area contributed by atoms with Crippen LogP contribution in [-0.4, -0.2) is 33.3 Å². The number of aromatic nitrogens is 2. The molecule has 22 heavy (non-hydrogen) atoms. The van der Waals surface area contributed by atoms with Crippen molar-refractivity contribution in [1.29, 1.82) is 0 Å². The van der Waals surface area contributed by atoms with Gasteiger partial charge in [-0.3, -0.25) is 4.57 Å². The van der Waals surface area contributed by atoms with Gasteiger partial charge in [0.1, 0.15) is 0 Å². The van der Waals surface area contributed by atoms with Crippen LogP contribution in [0.15, 0.2) is 23.0 Å². The largest absolute Gasteiger partial charge is 0.427 e. The monoisotopic (exact) mass is 303 g/mol. The highest BCUT2D eigenvalue weighted by Gasteiger charge is 2.35. The number of nitrogens with zero attached hydrogens (tertiary/aromatic N) is 1. The van der Waals surface area contributed by atoms with Crippen LogP contribution in [-0.2, 0) is 4.65 Å². The molecule has 2 rings (SSSR count). The molecule has 1 aromatic carbocycles. The molecule has 0 bridgehead atoms. The summed E-state index contributed by atoms with van der Waals surface area (Å²) >= 11 is 0. The van der Waals surface area contributed by atoms with E-state index in [9.17, 15) is 9.90 Å². The van der Waals surface area contributed by atoms with Crippen LogP contribution in [0.3, 0.4) is 0 Å². The first-order chi connectivity index (χ1) is 10.0. The van der Waals surface area contributed by atoms with Crippen LogP contribution in [0.2, 0.25) is 0 Å². The van der Waals surface area contributed by atoms with E-state index >= 15 is 0 Å². The first-order valence-electron chi connectivity index (χ1n) is 7.51. The number of fused-ring (bicyclic) bond motifs is 1. The van der Waals surface area contributed by atoms with Crippen LogP contribution in [0.1, 0.15) is 47.6 Å². The van der Waals surface area contributed by atoms with Crippen molar-refractivity contribution in [1.82, 2.24) is 9.55 Å². The molecule has 2 aromatic rings. The molecule has 2 N–H and O–H groups in total. The average molecular weight is 303 g/mol. The minimum absolute atomic E-state index is 0.0743. The van der Waals surface area contributed by atoms with Gasteiger partial charge in [-0.15, -0.1) is 0 Å². The molecule has 0 aliphatic carbocycles. The predicted octanol–water partition coefficient (Wildman–Crippen LogP) is 1.72. The SMILES string of the molecule is CC(C)n1c(=O)[nH]c2c([B]OC(C)(C)C(C)(C)O)cccc21. The number of rotatable bonds is 5. The van der Waals surface area contributed by atoms with Crippen LogP contribution in [0, 0.1) is 0 Å². The van der Waals surface area contributed by atoms with Gasteiger partial charge in [0.25, 0.3) is 0 Å². The molecule has 1 heterocycles. The molecule has 0 atom stereocenters. The maximum absolute atomic E-state index is 12.1. The summed E-state index contributed by atoms with van der Waals surface area (Å²) in [7, 11) is 1.60. The van der Waals surface area contributed by atoms with E-state index in [1.807, 2.05) is 45.9 Å². The molecule has 0 fully saturated rings. The Labute approximate surface area is 131 Å². The first kappa shape index (κ1) is 16.8. The highest BCUT2D eigenvalue weighted by atomic mass is 16.5. The maximum Gasteiger partial charge on any atom is 0.333 e. The molecule has 1 aromatic heterocycles. The summed E-state index contributed by atoms with van der Waals surface area (Å²) in [5.74, 6) is 0. The molecule has 0 aliphatic rings. The number of nitrogens with one attached hydrogen (secondary N) is 1. The lowest BCUT2D eigenvalue weighted by atomic mass is 9.82. The zero-order valence-electron chi connectivity index (χ0n) is 14.1. The second-order valence-electron chi connectivity index (χ2n) is 6.94. The average Bonchev–Trinajstić information content (AvgIpc) is 2.71. The lowest BCUT2D eigenvalue weighted by molar-refractivity contribution is -0.0893. The first-order valence-corrected chi connectivity index (χ1v) is 7.51. The summed E-state index contributed by atoms with van der Waals surface area (Å²) in [5, 5.41) is 10.2. The molecule has 0 aliphatic heterocycles. The van der Waals surface area contributed by atoms with Crippen molar-refractivity contribution in [3.8, 4) is 0 Å². The molecule has 0 saturated carbocycles. The molecule has 0 saturated heterocycles. The molecule has 0 unspecified atom stereocenters. The van der Waals surface area contributed by atoms with E-state index in [1.165, 1.54) is 0 Å². The zero-order valence-corrected chi connectivity index (χ0v) is 14.1.